The molecule has 2 aromatic rings. The molecule has 0 bridgehead atoms. The van der Waals surface area contributed by atoms with Crippen LogP contribution >= 0.6 is 19.2 Å². The molecule has 13 heteroatoms. The van der Waals surface area contributed by atoms with E-state index >= 15 is 0 Å². The summed E-state index contributed by atoms with van der Waals surface area (Å²) in [6.45, 7) is 11.1. The number of hydrogen-bond acceptors (Lipinski definition) is 10. The molecule has 2 saturated heterocycles. The number of imidazole rings is 1. The number of nitrogens with zero attached hydrogens (tertiary/aromatic N) is 4. The van der Waals surface area contributed by atoms with Crippen LogP contribution in [0.2, 0.25) is 5.15 Å². The minimum Gasteiger partial charge on any atom is -0.368 e. The van der Waals surface area contributed by atoms with Crippen molar-refractivity contribution < 1.29 is 27.8 Å². The van der Waals surface area contributed by atoms with E-state index in [1.165, 1.54) is 0 Å². The quantitative estimate of drug-likeness (QED) is 0.455. The fraction of sp³-hybridized carbons (Fsp3) is 0.737. The Balaban J connectivity index is 1.68. The molecule has 4 atom stereocenters. The SMILES string of the molecule is CC(C)OP(=O)(OC(C)C)C1OC(Cn2cnc3c(Cl)nc(N)nc32)C2OC(C)(C)OC21. The molecule has 0 saturated carbocycles. The molecule has 178 valence electrons. The summed E-state index contributed by atoms with van der Waals surface area (Å²) in [5.74, 6) is -1.81. The number of hydrogen-bond donors (Lipinski definition) is 1. The van der Waals surface area contributed by atoms with Gasteiger partial charge in [-0.15, -0.1) is 0 Å². The van der Waals surface area contributed by atoms with Crippen molar-refractivity contribution >= 4 is 36.3 Å². The summed E-state index contributed by atoms with van der Waals surface area (Å²) in [7, 11) is -3.72. The monoisotopic (exact) mass is 489 g/mol. The van der Waals surface area contributed by atoms with Crippen LogP contribution in [0.15, 0.2) is 6.33 Å². The fourth-order valence-corrected chi connectivity index (χ4v) is 6.63. The zero-order chi connectivity index (χ0) is 23.4. The van der Waals surface area contributed by atoms with Gasteiger partial charge < -0.3 is 33.6 Å². The zero-order valence-electron chi connectivity index (χ0n) is 18.9. The summed E-state index contributed by atoms with van der Waals surface area (Å²) in [5.41, 5.74) is 6.65. The van der Waals surface area contributed by atoms with Gasteiger partial charge in [0.2, 0.25) is 5.95 Å². The minimum atomic E-state index is -3.72. The van der Waals surface area contributed by atoms with Crippen molar-refractivity contribution in [3.05, 3.63) is 11.5 Å². The number of nitrogens with two attached hydrogens (primary N) is 1. The lowest BCUT2D eigenvalue weighted by molar-refractivity contribution is -0.182. The molecule has 4 unspecified atom stereocenters. The first-order chi connectivity index (χ1) is 14.9. The number of nitrogen functional groups attached to an aromatic ring is 1. The molecular weight excluding hydrogens is 461 g/mol. The molecule has 2 aliphatic heterocycles. The lowest BCUT2D eigenvalue weighted by atomic mass is 10.1. The average molecular weight is 490 g/mol. The highest BCUT2D eigenvalue weighted by Gasteiger charge is 2.62. The normalized spacial score (nSPS) is 27.7. The van der Waals surface area contributed by atoms with Gasteiger partial charge in [0, 0.05) is 0 Å². The van der Waals surface area contributed by atoms with Crippen molar-refractivity contribution in [1.29, 1.82) is 0 Å². The van der Waals surface area contributed by atoms with Gasteiger partial charge in [-0.3, -0.25) is 4.57 Å². The first-order valence-corrected chi connectivity index (χ1v) is 12.5. The van der Waals surface area contributed by atoms with Gasteiger partial charge in [-0.25, -0.2) is 4.98 Å². The highest BCUT2D eigenvalue weighted by atomic mass is 35.5. The highest BCUT2D eigenvalue weighted by molar-refractivity contribution is 7.54. The van der Waals surface area contributed by atoms with E-state index in [0.29, 0.717) is 11.2 Å². The van der Waals surface area contributed by atoms with Crippen LogP contribution < -0.4 is 5.73 Å². The molecule has 0 amide bonds. The molecule has 4 heterocycles. The molecule has 0 aromatic carbocycles. The average Bonchev–Trinajstić information content (AvgIpc) is 3.26. The number of aromatic nitrogens is 4. The third kappa shape index (κ3) is 4.52. The Bertz CT molecular complexity index is 1030. The van der Waals surface area contributed by atoms with Gasteiger partial charge in [0.1, 0.15) is 23.8 Å². The molecule has 2 aromatic heterocycles. The van der Waals surface area contributed by atoms with Crippen molar-refractivity contribution in [2.75, 3.05) is 5.73 Å². The summed E-state index contributed by atoms with van der Waals surface area (Å²) >= 11 is 6.15. The number of ether oxygens (including phenoxy) is 3. The van der Waals surface area contributed by atoms with Crippen LogP contribution in [-0.4, -0.2) is 61.7 Å². The lowest BCUT2D eigenvalue weighted by Gasteiger charge is -2.30. The predicted octanol–water partition coefficient (Wildman–Crippen LogP) is 3.35. The highest BCUT2D eigenvalue weighted by Crippen LogP contribution is 2.61. The lowest BCUT2D eigenvalue weighted by Crippen LogP contribution is -2.32. The standard InChI is InChI=1S/C19H29ClN5O6P/c1-9(2)30-32(26,31-10(3)4)17-14-13(28-19(5,6)29-14)11(27-17)7-25-8-22-12-15(20)23-18(21)24-16(12)25/h8-11,13-14,17H,7H2,1-6H3,(H2,21,23,24). The largest absolute Gasteiger partial charge is 0.368 e. The molecule has 32 heavy (non-hydrogen) atoms. The molecule has 0 spiro atoms. The number of fused-ring (bicyclic) bond motifs is 2. The van der Waals surface area contributed by atoms with Crippen molar-refractivity contribution in [3.63, 3.8) is 0 Å². The Kier molecular flexibility index (Phi) is 6.30. The molecule has 2 fully saturated rings. The van der Waals surface area contributed by atoms with Crippen molar-refractivity contribution in [3.8, 4) is 0 Å². The van der Waals surface area contributed by atoms with Crippen LogP contribution in [0.3, 0.4) is 0 Å². The van der Waals surface area contributed by atoms with Gasteiger partial charge in [0.15, 0.2) is 22.4 Å². The van der Waals surface area contributed by atoms with Gasteiger partial charge in [0.05, 0.1) is 25.1 Å². The van der Waals surface area contributed by atoms with E-state index in [9.17, 15) is 4.57 Å². The van der Waals surface area contributed by atoms with Crippen LogP contribution in [0.5, 0.6) is 0 Å². The molecule has 4 rings (SSSR count). The summed E-state index contributed by atoms with van der Waals surface area (Å²) in [6, 6.07) is 0. The molecule has 11 nitrogen and oxygen atoms in total. The second-order valence-electron chi connectivity index (χ2n) is 8.92. The Hall–Kier alpha value is -1.33. The summed E-state index contributed by atoms with van der Waals surface area (Å²) in [4.78, 5) is 12.5. The Morgan fingerprint density at radius 3 is 2.44 bits per heavy atom. The van der Waals surface area contributed by atoms with Crippen LogP contribution in [-0.2, 0) is 34.4 Å². The van der Waals surface area contributed by atoms with E-state index < -0.39 is 37.5 Å². The fourth-order valence-electron chi connectivity index (χ4n) is 4.05. The van der Waals surface area contributed by atoms with Crippen molar-refractivity contribution in [2.45, 2.75) is 90.2 Å². The van der Waals surface area contributed by atoms with Crippen molar-refractivity contribution in [2.24, 2.45) is 0 Å². The maximum absolute atomic E-state index is 13.9. The smallest absolute Gasteiger partial charge is 0.362 e. The first-order valence-electron chi connectivity index (χ1n) is 10.5. The number of anilines is 1. The second-order valence-corrected chi connectivity index (χ2v) is 11.3. The van der Waals surface area contributed by atoms with E-state index in [1.54, 1.807) is 52.4 Å². The van der Waals surface area contributed by atoms with Crippen LogP contribution in [0.25, 0.3) is 11.2 Å². The van der Waals surface area contributed by atoms with Gasteiger partial charge in [-0.05, 0) is 41.5 Å². The van der Waals surface area contributed by atoms with Gasteiger partial charge in [-0.1, -0.05) is 11.6 Å². The van der Waals surface area contributed by atoms with Crippen molar-refractivity contribution in [1.82, 2.24) is 19.5 Å². The topological polar surface area (TPSA) is 133 Å². The van der Waals surface area contributed by atoms with Crippen LogP contribution in [0.1, 0.15) is 41.5 Å². The zero-order valence-corrected chi connectivity index (χ0v) is 20.5. The third-order valence-corrected chi connectivity index (χ3v) is 7.70. The van der Waals surface area contributed by atoms with Gasteiger partial charge in [0.25, 0.3) is 0 Å². The maximum atomic E-state index is 13.9. The maximum Gasteiger partial charge on any atom is 0.362 e. The minimum absolute atomic E-state index is 0.0362. The van der Waals surface area contributed by atoms with Crippen LogP contribution in [0, 0.1) is 0 Å². The summed E-state index contributed by atoms with van der Waals surface area (Å²) in [6.07, 6.45) is -0.797. The summed E-state index contributed by atoms with van der Waals surface area (Å²) in [5, 5.41) is 0.163. The molecule has 0 aliphatic carbocycles. The van der Waals surface area contributed by atoms with E-state index in [2.05, 4.69) is 15.0 Å². The molecule has 2 N–H and O–H groups in total. The molecule has 0 radical (unpaired) electrons. The number of halogens is 1. The van der Waals surface area contributed by atoms with E-state index in [-0.39, 0.29) is 29.9 Å². The first kappa shape index (κ1) is 23.8. The van der Waals surface area contributed by atoms with Crippen LogP contribution in [0.4, 0.5) is 5.95 Å². The molecular formula is C19H29ClN5O6P. The van der Waals surface area contributed by atoms with Gasteiger partial charge in [-0.2, -0.15) is 9.97 Å². The van der Waals surface area contributed by atoms with E-state index in [4.69, 9.17) is 40.6 Å². The predicted molar refractivity (Wildman–Crippen MR) is 117 cm³/mol. The number of rotatable bonds is 7. The Morgan fingerprint density at radius 1 is 1.19 bits per heavy atom. The Morgan fingerprint density at radius 2 is 1.81 bits per heavy atom. The van der Waals surface area contributed by atoms with E-state index in [1.807, 2.05) is 0 Å². The third-order valence-electron chi connectivity index (χ3n) is 4.97. The van der Waals surface area contributed by atoms with Gasteiger partial charge >= 0.3 is 7.60 Å². The van der Waals surface area contributed by atoms with E-state index in [0.717, 1.165) is 0 Å². The second kappa shape index (κ2) is 8.47. The Labute approximate surface area is 191 Å². The summed E-state index contributed by atoms with van der Waals surface area (Å²) < 4.78 is 45.7. The molecule has 2 aliphatic rings.